The van der Waals surface area contributed by atoms with Crippen LogP contribution >= 0.6 is 23.5 Å². The fourth-order valence-corrected chi connectivity index (χ4v) is 4.56. The maximum absolute atomic E-state index is 12.2. The molecule has 0 saturated carbocycles. The summed E-state index contributed by atoms with van der Waals surface area (Å²) in [5, 5.41) is 9.49. The topological polar surface area (TPSA) is 40.5 Å². The van der Waals surface area contributed by atoms with E-state index < -0.39 is 0 Å². The normalized spacial score (nSPS) is 18.7. The van der Waals surface area contributed by atoms with Crippen LogP contribution in [0.5, 0.6) is 0 Å². The summed E-state index contributed by atoms with van der Waals surface area (Å²) in [6.45, 7) is 7.24. The Hall–Kier alpha value is -0.650. The number of carbonyl (C=O) groups is 1. The molecule has 0 aliphatic carbocycles. The van der Waals surface area contributed by atoms with Gasteiger partial charge in [0.2, 0.25) is 5.91 Å². The largest absolute Gasteiger partial charge is 0.396 e. The summed E-state index contributed by atoms with van der Waals surface area (Å²) in [4.78, 5) is 15.5. The summed E-state index contributed by atoms with van der Waals surface area (Å²) < 4.78 is 0. The molecule has 3 nitrogen and oxygen atoms in total. The van der Waals surface area contributed by atoms with Crippen molar-refractivity contribution in [3.63, 3.8) is 0 Å². The first kappa shape index (κ1) is 18.7. The van der Waals surface area contributed by atoms with Gasteiger partial charge in [-0.1, -0.05) is 32.9 Å². The summed E-state index contributed by atoms with van der Waals surface area (Å²) in [5.41, 5.74) is 1.15. The van der Waals surface area contributed by atoms with Crippen molar-refractivity contribution in [3.8, 4) is 0 Å². The summed E-state index contributed by atoms with van der Waals surface area (Å²) in [7, 11) is 0. The third kappa shape index (κ3) is 5.16. The molecule has 0 spiro atoms. The molecule has 1 aliphatic rings. The zero-order valence-electron chi connectivity index (χ0n) is 14.2. The Kier molecular flexibility index (Phi) is 6.86. The second-order valence-electron chi connectivity index (χ2n) is 6.68. The van der Waals surface area contributed by atoms with E-state index in [2.05, 4.69) is 45.0 Å². The van der Waals surface area contributed by atoms with Crippen molar-refractivity contribution in [3.05, 3.63) is 29.8 Å². The molecule has 1 aliphatic heterocycles. The first-order valence-electron chi connectivity index (χ1n) is 8.21. The zero-order chi connectivity index (χ0) is 16.9. The Balaban J connectivity index is 1.98. The van der Waals surface area contributed by atoms with Gasteiger partial charge in [0.05, 0.1) is 5.75 Å². The molecule has 1 N–H and O–H groups in total. The van der Waals surface area contributed by atoms with E-state index in [0.717, 1.165) is 25.1 Å². The number of rotatable bonds is 8. The molecule has 0 radical (unpaired) electrons. The maximum atomic E-state index is 12.2. The van der Waals surface area contributed by atoms with Crippen LogP contribution < -0.4 is 0 Å². The number of aliphatic hydroxyl groups excluding tert-OH is 1. The maximum Gasteiger partial charge on any atom is 0.233 e. The second-order valence-corrected chi connectivity index (χ2v) is 9.08. The van der Waals surface area contributed by atoms with Crippen molar-refractivity contribution < 1.29 is 9.90 Å². The Bertz CT molecular complexity index is 516. The van der Waals surface area contributed by atoms with Gasteiger partial charge in [-0.05, 0) is 41.7 Å². The molecule has 0 aromatic heterocycles. The third-order valence-corrected chi connectivity index (χ3v) is 6.28. The van der Waals surface area contributed by atoms with Gasteiger partial charge in [-0.15, -0.1) is 23.5 Å². The fourth-order valence-electron chi connectivity index (χ4n) is 2.67. The van der Waals surface area contributed by atoms with E-state index in [-0.39, 0.29) is 23.3 Å². The summed E-state index contributed by atoms with van der Waals surface area (Å²) in [6.07, 6.45) is 1.86. The molecule has 2 rings (SSSR count). The van der Waals surface area contributed by atoms with Crippen molar-refractivity contribution >= 4 is 29.4 Å². The highest BCUT2D eigenvalue weighted by atomic mass is 32.2. The lowest BCUT2D eigenvalue weighted by molar-refractivity contribution is -0.128. The molecule has 1 amide bonds. The molecule has 1 saturated heterocycles. The summed E-state index contributed by atoms with van der Waals surface area (Å²) in [5.74, 6) is 1.87. The molecule has 1 atom stereocenters. The van der Waals surface area contributed by atoms with Crippen molar-refractivity contribution in [2.24, 2.45) is 5.41 Å². The van der Waals surface area contributed by atoms with Gasteiger partial charge in [0.15, 0.2) is 0 Å². The number of hydrogen-bond donors (Lipinski definition) is 1. The summed E-state index contributed by atoms with van der Waals surface area (Å²) >= 11 is 3.55. The Labute approximate surface area is 148 Å². The van der Waals surface area contributed by atoms with Crippen LogP contribution in [0.2, 0.25) is 0 Å². The zero-order valence-corrected chi connectivity index (χ0v) is 15.9. The molecule has 1 aromatic rings. The third-order valence-electron chi connectivity index (χ3n) is 4.12. The highest BCUT2D eigenvalue weighted by molar-refractivity contribution is 8.00. The van der Waals surface area contributed by atoms with Gasteiger partial charge in [-0.25, -0.2) is 0 Å². The molecule has 1 unspecified atom stereocenters. The smallest absolute Gasteiger partial charge is 0.233 e. The van der Waals surface area contributed by atoms with Crippen molar-refractivity contribution in [1.29, 1.82) is 0 Å². The van der Waals surface area contributed by atoms with Crippen molar-refractivity contribution in [1.82, 2.24) is 4.90 Å². The van der Waals surface area contributed by atoms with E-state index in [4.69, 9.17) is 0 Å². The first-order chi connectivity index (χ1) is 11.0. The highest BCUT2D eigenvalue weighted by Crippen LogP contribution is 2.39. The average Bonchev–Trinajstić information content (AvgIpc) is 2.90. The molecule has 5 heteroatoms. The fraction of sp³-hybridized carbons (Fsp3) is 0.611. The number of thioether (sulfide) groups is 2. The minimum Gasteiger partial charge on any atom is -0.396 e. The number of amides is 1. The minimum atomic E-state index is -0.0650. The van der Waals surface area contributed by atoms with Crippen LogP contribution in [0.15, 0.2) is 29.2 Å². The molecule has 1 fully saturated rings. The predicted molar refractivity (Wildman–Crippen MR) is 99.9 cm³/mol. The Morgan fingerprint density at radius 3 is 2.65 bits per heavy atom. The van der Waals surface area contributed by atoms with Gasteiger partial charge in [-0.3, -0.25) is 4.79 Å². The van der Waals surface area contributed by atoms with Crippen LogP contribution in [0.25, 0.3) is 0 Å². The van der Waals surface area contributed by atoms with Crippen molar-refractivity contribution in [2.75, 3.05) is 24.7 Å². The summed E-state index contributed by atoms with van der Waals surface area (Å²) in [6, 6.07) is 8.61. The van der Waals surface area contributed by atoms with Gasteiger partial charge in [0, 0.05) is 18.0 Å². The first-order valence-corrected chi connectivity index (χ1v) is 10.2. The molecule has 128 valence electrons. The van der Waals surface area contributed by atoms with Crippen LogP contribution in [-0.4, -0.2) is 40.6 Å². The number of benzene rings is 1. The van der Waals surface area contributed by atoms with Crippen LogP contribution in [0, 0.1) is 5.41 Å². The minimum absolute atomic E-state index is 0.0650. The van der Waals surface area contributed by atoms with E-state index in [1.165, 1.54) is 10.5 Å². The Morgan fingerprint density at radius 1 is 1.35 bits per heavy atom. The Morgan fingerprint density at radius 2 is 2.04 bits per heavy atom. The predicted octanol–water partition coefficient (Wildman–Crippen LogP) is 4.17. The van der Waals surface area contributed by atoms with Gasteiger partial charge < -0.3 is 10.0 Å². The quantitative estimate of drug-likeness (QED) is 0.712. The SMILES string of the molecule is CCSc1ccc(C2SCC(=O)N2CCCC(C)(C)CO)cc1. The van der Waals surface area contributed by atoms with Gasteiger partial charge in [0.25, 0.3) is 0 Å². The molecule has 23 heavy (non-hydrogen) atoms. The highest BCUT2D eigenvalue weighted by Gasteiger charge is 2.32. The van der Waals surface area contributed by atoms with Crippen molar-refractivity contribution in [2.45, 2.75) is 43.9 Å². The molecule has 0 bridgehead atoms. The van der Waals surface area contributed by atoms with Gasteiger partial charge >= 0.3 is 0 Å². The van der Waals surface area contributed by atoms with E-state index in [1.54, 1.807) is 11.8 Å². The van der Waals surface area contributed by atoms with Gasteiger partial charge in [0.1, 0.15) is 5.37 Å². The monoisotopic (exact) mass is 353 g/mol. The lowest BCUT2D eigenvalue weighted by Crippen LogP contribution is -2.30. The lowest BCUT2D eigenvalue weighted by atomic mass is 9.89. The average molecular weight is 354 g/mol. The van der Waals surface area contributed by atoms with E-state index >= 15 is 0 Å². The number of aliphatic hydroxyl groups is 1. The standard InChI is InChI=1S/C18H27NO2S2/c1-4-22-15-8-6-14(7-9-15)17-19(16(21)12-23-17)11-5-10-18(2,3)13-20/h6-9,17,20H,4-5,10-13H2,1-3H3. The number of nitrogens with zero attached hydrogens (tertiary/aromatic N) is 1. The molecule has 1 aromatic carbocycles. The second kappa shape index (κ2) is 8.45. The van der Waals surface area contributed by atoms with E-state index in [1.807, 2.05) is 16.7 Å². The molecule has 1 heterocycles. The van der Waals surface area contributed by atoms with Crippen LogP contribution in [-0.2, 0) is 4.79 Å². The van der Waals surface area contributed by atoms with Crippen LogP contribution in [0.4, 0.5) is 0 Å². The molecular weight excluding hydrogens is 326 g/mol. The van der Waals surface area contributed by atoms with Gasteiger partial charge in [-0.2, -0.15) is 0 Å². The lowest BCUT2D eigenvalue weighted by Gasteiger charge is -2.27. The van der Waals surface area contributed by atoms with E-state index in [0.29, 0.717) is 5.75 Å². The van der Waals surface area contributed by atoms with Crippen LogP contribution in [0.1, 0.15) is 44.6 Å². The number of hydrogen-bond acceptors (Lipinski definition) is 4. The number of carbonyl (C=O) groups excluding carboxylic acids is 1. The van der Waals surface area contributed by atoms with E-state index in [9.17, 15) is 9.90 Å². The van der Waals surface area contributed by atoms with Crippen LogP contribution in [0.3, 0.4) is 0 Å². The molecular formula is C18H27NO2S2.